The number of thiophene rings is 1. The summed E-state index contributed by atoms with van der Waals surface area (Å²) in [5, 5.41) is 10.9. The number of nitrogens with zero attached hydrogens (tertiary/aromatic N) is 3. The highest BCUT2D eigenvalue weighted by Crippen LogP contribution is 2.27. The van der Waals surface area contributed by atoms with Crippen molar-refractivity contribution >= 4 is 28.9 Å². The van der Waals surface area contributed by atoms with Crippen molar-refractivity contribution in [2.75, 3.05) is 5.75 Å². The molecule has 0 aliphatic carbocycles. The lowest BCUT2D eigenvalue weighted by molar-refractivity contribution is 0.102. The van der Waals surface area contributed by atoms with Crippen molar-refractivity contribution in [2.24, 2.45) is 0 Å². The second-order valence-corrected chi connectivity index (χ2v) is 7.94. The number of halogens is 1. The van der Waals surface area contributed by atoms with Gasteiger partial charge in [-0.1, -0.05) is 60.3 Å². The Morgan fingerprint density at radius 2 is 1.79 bits per heavy atom. The van der Waals surface area contributed by atoms with Gasteiger partial charge in [-0.2, -0.15) is 0 Å². The van der Waals surface area contributed by atoms with E-state index < -0.39 is 0 Å². The smallest absolute Gasteiger partial charge is 0.192 e. The van der Waals surface area contributed by atoms with E-state index in [0.717, 1.165) is 10.4 Å². The summed E-state index contributed by atoms with van der Waals surface area (Å²) in [6, 6.07) is 20.0. The Morgan fingerprint density at radius 1 is 1.00 bits per heavy atom. The van der Waals surface area contributed by atoms with Crippen LogP contribution in [-0.4, -0.2) is 26.3 Å². The normalized spacial score (nSPS) is 10.9. The highest BCUT2D eigenvalue weighted by molar-refractivity contribution is 7.99. The fourth-order valence-corrected chi connectivity index (χ4v) is 4.36. The van der Waals surface area contributed by atoms with Crippen molar-refractivity contribution in [2.45, 2.75) is 11.7 Å². The molecule has 0 atom stereocenters. The maximum absolute atomic E-state index is 14.4. The average Bonchev–Trinajstić information content (AvgIpc) is 3.38. The van der Waals surface area contributed by atoms with Crippen molar-refractivity contribution in [3.05, 3.63) is 88.4 Å². The summed E-state index contributed by atoms with van der Waals surface area (Å²) < 4.78 is 16.2. The van der Waals surface area contributed by atoms with Crippen LogP contribution in [0, 0.1) is 5.82 Å². The van der Waals surface area contributed by atoms with Crippen LogP contribution >= 0.6 is 23.1 Å². The molecule has 4 rings (SSSR count). The number of hydrogen-bond donors (Lipinski definition) is 0. The molecule has 7 heteroatoms. The fourth-order valence-electron chi connectivity index (χ4n) is 2.78. The number of carbonyl (C=O) groups is 1. The third kappa shape index (κ3) is 4.05. The monoisotopic (exact) mass is 409 g/mol. The van der Waals surface area contributed by atoms with E-state index in [1.54, 1.807) is 18.2 Å². The molecule has 0 saturated heterocycles. The molecule has 4 nitrogen and oxygen atoms in total. The minimum Gasteiger partial charge on any atom is -0.297 e. The van der Waals surface area contributed by atoms with Crippen LogP contribution < -0.4 is 0 Å². The standard InChI is InChI=1S/C21H16FN3OS2/c22-17-10-5-4-9-16(17)20-23-24-21(25(20)13-15-7-2-1-3-8-15)28-14-18(26)19-11-6-12-27-19/h1-12H,13-14H2. The molecule has 28 heavy (non-hydrogen) atoms. The molecule has 0 N–H and O–H groups in total. The van der Waals surface area contributed by atoms with Gasteiger partial charge in [-0.3, -0.25) is 9.36 Å². The number of aromatic nitrogens is 3. The zero-order chi connectivity index (χ0) is 19.3. The minimum absolute atomic E-state index is 0.0432. The Bertz CT molecular complexity index is 1080. The van der Waals surface area contributed by atoms with E-state index in [4.69, 9.17) is 0 Å². The van der Waals surface area contributed by atoms with Crippen molar-refractivity contribution in [1.29, 1.82) is 0 Å². The molecule has 0 fully saturated rings. The first-order valence-electron chi connectivity index (χ1n) is 8.64. The van der Waals surface area contributed by atoms with Crippen LogP contribution in [0.2, 0.25) is 0 Å². The molecule has 0 aliphatic heterocycles. The van der Waals surface area contributed by atoms with Gasteiger partial charge < -0.3 is 0 Å². The minimum atomic E-state index is -0.351. The van der Waals surface area contributed by atoms with Crippen molar-refractivity contribution < 1.29 is 9.18 Å². The average molecular weight is 410 g/mol. The first kappa shape index (κ1) is 18.6. The number of carbonyl (C=O) groups excluding carboxylic acids is 1. The molecule has 0 unspecified atom stereocenters. The number of benzene rings is 2. The zero-order valence-corrected chi connectivity index (χ0v) is 16.4. The molecule has 0 bridgehead atoms. The van der Waals surface area contributed by atoms with Crippen LogP contribution in [0.25, 0.3) is 11.4 Å². The molecule has 2 aromatic heterocycles. The summed E-state index contributed by atoms with van der Waals surface area (Å²) in [6.45, 7) is 0.493. The predicted octanol–water partition coefficient (Wildman–Crippen LogP) is 5.17. The summed E-state index contributed by atoms with van der Waals surface area (Å²) in [7, 11) is 0. The van der Waals surface area contributed by atoms with Gasteiger partial charge in [-0.25, -0.2) is 4.39 Å². The van der Waals surface area contributed by atoms with Crippen molar-refractivity contribution in [3.63, 3.8) is 0 Å². The third-order valence-electron chi connectivity index (χ3n) is 4.14. The van der Waals surface area contributed by atoms with Gasteiger partial charge >= 0.3 is 0 Å². The molecule has 0 spiro atoms. The maximum atomic E-state index is 14.4. The van der Waals surface area contributed by atoms with Gasteiger partial charge in [0.15, 0.2) is 16.8 Å². The van der Waals surface area contributed by atoms with Gasteiger partial charge in [0.2, 0.25) is 0 Å². The second-order valence-electron chi connectivity index (χ2n) is 6.05. The van der Waals surface area contributed by atoms with Crippen LogP contribution in [0.3, 0.4) is 0 Å². The van der Waals surface area contributed by atoms with E-state index in [1.807, 2.05) is 52.4 Å². The lowest BCUT2D eigenvalue weighted by Gasteiger charge is -2.11. The Hall–Kier alpha value is -2.77. The maximum Gasteiger partial charge on any atom is 0.192 e. The molecule has 0 saturated carbocycles. The molecule has 0 amide bonds. The number of ketones is 1. The largest absolute Gasteiger partial charge is 0.297 e. The van der Waals surface area contributed by atoms with E-state index in [1.165, 1.54) is 29.2 Å². The summed E-state index contributed by atoms with van der Waals surface area (Å²) in [4.78, 5) is 13.1. The van der Waals surface area contributed by atoms with Gasteiger partial charge in [-0.05, 0) is 29.1 Å². The van der Waals surface area contributed by atoms with Crippen LogP contribution in [0.15, 0.2) is 77.3 Å². The molecule has 140 valence electrons. The van der Waals surface area contributed by atoms with E-state index in [2.05, 4.69) is 10.2 Å². The molecule has 0 aliphatic rings. The van der Waals surface area contributed by atoms with Crippen molar-refractivity contribution in [1.82, 2.24) is 14.8 Å². The Balaban J connectivity index is 1.66. The van der Waals surface area contributed by atoms with E-state index in [0.29, 0.717) is 23.1 Å². The van der Waals surface area contributed by atoms with E-state index in [-0.39, 0.29) is 17.4 Å². The summed E-state index contributed by atoms with van der Waals surface area (Å²) in [6.07, 6.45) is 0. The van der Waals surface area contributed by atoms with Gasteiger partial charge in [0.05, 0.1) is 22.7 Å². The molecular formula is C21H16FN3OS2. The fraction of sp³-hybridized carbons (Fsp3) is 0.0952. The Morgan fingerprint density at radius 3 is 2.54 bits per heavy atom. The zero-order valence-electron chi connectivity index (χ0n) is 14.8. The quantitative estimate of drug-likeness (QED) is 0.312. The summed E-state index contributed by atoms with van der Waals surface area (Å²) in [5.74, 6) is 0.398. The third-order valence-corrected chi connectivity index (χ3v) is 6.02. The number of hydrogen-bond acceptors (Lipinski definition) is 5. The SMILES string of the molecule is O=C(CSc1nnc(-c2ccccc2F)n1Cc1ccccc1)c1cccs1. The molecule has 2 heterocycles. The Labute approximate surface area is 170 Å². The first-order valence-corrected chi connectivity index (χ1v) is 10.5. The highest BCUT2D eigenvalue weighted by Gasteiger charge is 2.19. The molecule has 0 radical (unpaired) electrons. The lowest BCUT2D eigenvalue weighted by atomic mass is 10.2. The number of rotatable bonds is 7. The van der Waals surface area contributed by atoms with E-state index in [9.17, 15) is 9.18 Å². The van der Waals surface area contributed by atoms with Crippen LogP contribution in [0.4, 0.5) is 4.39 Å². The van der Waals surface area contributed by atoms with Crippen LogP contribution in [-0.2, 0) is 6.54 Å². The van der Waals surface area contributed by atoms with Crippen LogP contribution in [0.1, 0.15) is 15.2 Å². The predicted molar refractivity (Wildman–Crippen MR) is 110 cm³/mol. The molecular weight excluding hydrogens is 393 g/mol. The molecule has 4 aromatic rings. The van der Waals surface area contributed by atoms with Gasteiger partial charge in [0.25, 0.3) is 0 Å². The molecule has 2 aromatic carbocycles. The van der Waals surface area contributed by atoms with Gasteiger partial charge in [0, 0.05) is 0 Å². The topological polar surface area (TPSA) is 47.8 Å². The Kier molecular flexibility index (Phi) is 5.64. The highest BCUT2D eigenvalue weighted by atomic mass is 32.2. The first-order chi connectivity index (χ1) is 13.7. The van der Waals surface area contributed by atoms with Gasteiger partial charge in [-0.15, -0.1) is 21.5 Å². The van der Waals surface area contributed by atoms with Crippen LogP contribution in [0.5, 0.6) is 0 Å². The second kappa shape index (κ2) is 8.50. The van der Waals surface area contributed by atoms with E-state index >= 15 is 0 Å². The number of thioether (sulfide) groups is 1. The summed E-state index contributed by atoms with van der Waals surface area (Å²) >= 11 is 2.74. The van der Waals surface area contributed by atoms with Crippen molar-refractivity contribution in [3.8, 4) is 11.4 Å². The number of Topliss-reactive ketones (excluding diaryl/α,β-unsaturated/α-hetero) is 1. The van der Waals surface area contributed by atoms with Gasteiger partial charge in [0.1, 0.15) is 5.82 Å². The lowest BCUT2D eigenvalue weighted by Crippen LogP contribution is -2.07. The summed E-state index contributed by atoms with van der Waals surface area (Å²) in [5.41, 5.74) is 1.44.